The second-order valence-corrected chi connectivity index (χ2v) is 7.52. The van der Waals surface area contributed by atoms with Crippen molar-refractivity contribution in [2.45, 2.75) is 20.5 Å². The number of hydrogen-bond donors (Lipinski definition) is 1. The summed E-state index contributed by atoms with van der Waals surface area (Å²) in [4.78, 5) is 21.7. The maximum absolute atomic E-state index is 12.9. The van der Waals surface area contributed by atoms with Crippen molar-refractivity contribution in [2.24, 2.45) is 0 Å². The highest BCUT2D eigenvalue weighted by molar-refractivity contribution is 7.18. The molecule has 0 aliphatic heterocycles. The molecule has 1 N–H and O–H groups in total. The maximum Gasteiger partial charge on any atom is 0.260 e. The van der Waals surface area contributed by atoms with Gasteiger partial charge in [-0.3, -0.25) is 4.79 Å². The van der Waals surface area contributed by atoms with Crippen LogP contribution in [0.1, 0.15) is 16.0 Å². The fraction of sp³-hybridized carbons (Fsp3) is 0.143. The van der Waals surface area contributed by atoms with Crippen LogP contribution in [0.15, 0.2) is 53.3 Å². The SMILES string of the molecule is Cc1sc2nc(-c3ccc(OCc4ccc(F)cc4)cc3)[nH]c(=O)c2c1C. The molecule has 0 fully saturated rings. The van der Waals surface area contributed by atoms with Crippen molar-refractivity contribution in [2.75, 3.05) is 0 Å². The van der Waals surface area contributed by atoms with E-state index in [4.69, 9.17) is 4.74 Å². The third-order valence-corrected chi connectivity index (χ3v) is 5.59. The molecule has 0 atom stereocenters. The topological polar surface area (TPSA) is 55.0 Å². The van der Waals surface area contributed by atoms with E-state index >= 15 is 0 Å². The minimum Gasteiger partial charge on any atom is -0.489 e. The van der Waals surface area contributed by atoms with E-state index in [0.29, 0.717) is 23.6 Å². The van der Waals surface area contributed by atoms with E-state index in [9.17, 15) is 9.18 Å². The monoisotopic (exact) mass is 380 g/mol. The Morgan fingerprint density at radius 3 is 2.48 bits per heavy atom. The Kier molecular flexibility index (Phi) is 4.49. The van der Waals surface area contributed by atoms with Crippen LogP contribution in [0, 0.1) is 19.7 Å². The van der Waals surface area contributed by atoms with Gasteiger partial charge in [0.15, 0.2) is 0 Å². The molecule has 2 aromatic carbocycles. The van der Waals surface area contributed by atoms with Crippen LogP contribution in [0.2, 0.25) is 0 Å². The summed E-state index contributed by atoms with van der Waals surface area (Å²) >= 11 is 1.53. The summed E-state index contributed by atoms with van der Waals surface area (Å²) in [7, 11) is 0. The molecule has 6 heteroatoms. The van der Waals surface area contributed by atoms with Crippen molar-refractivity contribution < 1.29 is 9.13 Å². The van der Waals surface area contributed by atoms with E-state index in [-0.39, 0.29) is 11.4 Å². The lowest BCUT2D eigenvalue weighted by atomic mass is 10.2. The van der Waals surface area contributed by atoms with E-state index in [0.717, 1.165) is 26.4 Å². The van der Waals surface area contributed by atoms with Crippen LogP contribution in [-0.4, -0.2) is 9.97 Å². The van der Waals surface area contributed by atoms with E-state index in [1.807, 2.05) is 38.1 Å². The number of halogens is 1. The molecule has 4 nitrogen and oxygen atoms in total. The van der Waals surface area contributed by atoms with Gasteiger partial charge in [-0.15, -0.1) is 11.3 Å². The Balaban J connectivity index is 1.56. The first-order valence-corrected chi connectivity index (χ1v) is 9.30. The van der Waals surface area contributed by atoms with Gasteiger partial charge in [-0.05, 0) is 61.4 Å². The Hall–Kier alpha value is -2.99. The molecule has 0 saturated carbocycles. The molecule has 0 radical (unpaired) electrons. The number of nitrogens with one attached hydrogen (secondary N) is 1. The van der Waals surface area contributed by atoms with Gasteiger partial charge in [-0.25, -0.2) is 9.37 Å². The van der Waals surface area contributed by atoms with E-state index in [2.05, 4.69) is 9.97 Å². The van der Waals surface area contributed by atoms with E-state index in [1.54, 1.807) is 12.1 Å². The zero-order valence-electron chi connectivity index (χ0n) is 14.9. The molecule has 136 valence electrons. The van der Waals surface area contributed by atoms with Crippen LogP contribution in [0.5, 0.6) is 5.75 Å². The van der Waals surface area contributed by atoms with Crippen LogP contribution in [0.25, 0.3) is 21.6 Å². The summed E-state index contributed by atoms with van der Waals surface area (Å²) in [6.07, 6.45) is 0. The van der Waals surface area contributed by atoms with Gasteiger partial charge in [0, 0.05) is 10.4 Å². The summed E-state index contributed by atoms with van der Waals surface area (Å²) in [5.41, 5.74) is 2.57. The highest BCUT2D eigenvalue weighted by Crippen LogP contribution is 2.28. The van der Waals surface area contributed by atoms with Gasteiger partial charge in [0.25, 0.3) is 5.56 Å². The second-order valence-electron chi connectivity index (χ2n) is 6.32. The predicted octanol–water partition coefficient (Wildman–Crippen LogP) is 4.99. The second kappa shape index (κ2) is 6.96. The number of H-pyrrole nitrogens is 1. The Morgan fingerprint density at radius 2 is 1.78 bits per heavy atom. The van der Waals surface area contributed by atoms with Gasteiger partial charge >= 0.3 is 0 Å². The first-order chi connectivity index (χ1) is 13.0. The van der Waals surface area contributed by atoms with E-state index in [1.165, 1.54) is 23.5 Å². The summed E-state index contributed by atoms with van der Waals surface area (Å²) in [6, 6.07) is 13.6. The summed E-state index contributed by atoms with van der Waals surface area (Å²) in [6.45, 7) is 4.29. The normalized spacial score (nSPS) is 11.1. The molecule has 0 spiro atoms. The Labute approximate surface area is 159 Å². The molecule has 0 unspecified atom stereocenters. The summed E-state index contributed by atoms with van der Waals surface area (Å²) in [5, 5.41) is 0.667. The zero-order valence-corrected chi connectivity index (χ0v) is 15.7. The molecule has 0 bridgehead atoms. The molecule has 4 rings (SSSR count). The number of ether oxygens (including phenoxy) is 1. The fourth-order valence-electron chi connectivity index (χ4n) is 2.85. The Morgan fingerprint density at radius 1 is 1.07 bits per heavy atom. The number of aromatic amines is 1. The third-order valence-electron chi connectivity index (χ3n) is 4.49. The number of aryl methyl sites for hydroxylation is 2. The number of fused-ring (bicyclic) bond motifs is 1. The van der Waals surface area contributed by atoms with Crippen molar-refractivity contribution in [3.8, 4) is 17.1 Å². The van der Waals surface area contributed by atoms with Crippen molar-refractivity contribution in [3.05, 3.63) is 80.7 Å². The average molecular weight is 380 g/mol. The van der Waals surface area contributed by atoms with Gasteiger partial charge in [0.1, 0.15) is 28.8 Å². The molecule has 0 saturated heterocycles. The van der Waals surface area contributed by atoms with Crippen LogP contribution >= 0.6 is 11.3 Å². The summed E-state index contributed by atoms with van der Waals surface area (Å²) in [5.74, 6) is 0.964. The largest absolute Gasteiger partial charge is 0.489 e. The lowest BCUT2D eigenvalue weighted by Crippen LogP contribution is -2.09. The van der Waals surface area contributed by atoms with E-state index < -0.39 is 0 Å². The number of benzene rings is 2. The average Bonchev–Trinajstić information content (AvgIpc) is 2.96. The van der Waals surface area contributed by atoms with Crippen molar-refractivity contribution >= 4 is 21.6 Å². The Bertz CT molecular complexity index is 1160. The van der Waals surface area contributed by atoms with Crippen molar-refractivity contribution in [1.29, 1.82) is 0 Å². The predicted molar refractivity (Wildman–Crippen MR) is 106 cm³/mol. The number of thiophene rings is 1. The third kappa shape index (κ3) is 3.48. The standard InChI is InChI=1S/C21H17FN2O2S/c1-12-13(2)27-21-18(12)20(25)23-19(24-21)15-5-9-17(10-6-15)26-11-14-3-7-16(22)8-4-14/h3-10H,11H2,1-2H3,(H,23,24,25). The molecule has 0 amide bonds. The molecular formula is C21H17FN2O2S. The van der Waals surface area contributed by atoms with Gasteiger partial charge in [-0.1, -0.05) is 12.1 Å². The number of rotatable bonds is 4. The van der Waals surface area contributed by atoms with Crippen LogP contribution < -0.4 is 10.3 Å². The first-order valence-electron chi connectivity index (χ1n) is 8.49. The van der Waals surface area contributed by atoms with Crippen molar-refractivity contribution in [1.82, 2.24) is 9.97 Å². The minimum atomic E-state index is -0.266. The fourth-order valence-corrected chi connectivity index (χ4v) is 3.88. The first kappa shape index (κ1) is 17.4. The zero-order chi connectivity index (χ0) is 19.0. The summed E-state index contributed by atoms with van der Waals surface area (Å²) < 4.78 is 18.7. The molecule has 4 aromatic rings. The minimum absolute atomic E-state index is 0.117. The van der Waals surface area contributed by atoms with Crippen LogP contribution in [-0.2, 0) is 6.61 Å². The lowest BCUT2D eigenvalue weighted by Gasteiger charge is -2.07. The number of hydrogen-bond acceptors (Lipinski definition) is 4. The number of nitrogens with zero attached hydrogens (tertiary/aromatic N) is 1. The van der Waals surface area contributed by atoms with Gasteiger partial charge in [0.2, 0.25) is 0 Å². The highest BCUT2D eigenvalue weighted by Gasteiger charge is 2.12. The number of aromatic nitrogens is 2. The van der Waals surface area contributed by atoms with Gasteiger partial charge < -0.3 is 9.72 Å². The van der Waals surface area contributed by atoms with Crippen LogP contribution in [0.3, 0.4) is 0 Å². The smallest absolute Gasteiger partial charge is 0.260 e. The maximum atomic E-state index is 12.9. The lowest BCUT2D eigenvalue weighted by molar-refractivity contribution is 0.306. The van der Waals surface area contributed by atoms with Crippen molar-refractivity contribution in [3.63, 3.8) is 0 Å². The van der Waals surface area contributed by atoms with Crippen LogP contribution in [0.4, 0.5) is 4.39 Å². The molecular weight excluding hydrogens is 363 g/mol. The molecule has 2 heterocycles. The molecule has 0 aliphatic rings. The van der Waals surface area contributed by atoms with Gasteiger partial charge in [0.05, 0.1) is 5.39 Å². The molecule has 27 heavy (non-hydrogen) atoms. The quantitative estimate of drug-likeness (QED) is 0.543. The molecule has 0 aliphatic carbocycles. The molecule has 2 aromatic heterocycles. The highest BCUT2D eigenvalue weighted by atomic mass is 32.1. The van der Waals surface area contributed by atoms with Gasteiger partial charge in [-0.2, -0.15) is 0 Å².